The molecule has 2 aromatic rings. The Morgan fingerprint density at radius 2 is 2.17 bits per heavy atom. The van der Waals surface area contributed by atoms with Crippen molar-refractivity contribution in [2.24, 2.45) is 0 Å². The molecule has 1 aromatic heterocycles. The molecule has 0 saturated heterocycles. The van der Waals surface area contributed by atoms with Crippen molar-refractivity contribution >= 4 is 27.3 Å². The van der Waals surface area contributed by atoms with Crippen molar-refractivity contribution in [3.63, 3.8) is 0 Å². The second kappa shape index (κ2) is 5.97. The average molecular weight is 326 g/mol. The van der Waals surface area contributed by atoms with E-state index in [1.54, 1.807) is 11.3 Å². The van der Waals surface area contributed by atoms with Crippen LogP contribution in [0.4, 0.5) is 0 Å². The minimum Gasteiger partial charge on any atom is -0.383 e. The maximum Gasteiger partial charge on any atom is 0.108 e. The molecular formula is C14H16BrNOS. The van der Waals surface area contributed by atoms with Crippen LogP contribution in [0.3, 0.4) is 0 Å². The molecule has 1 heterocycles. The van der Waals surface area contributed by atoms with Gasteiger partial charge in [0, 0.05) is 22.4 Å². The van der Waals surface area contributed by atoms with Gasteiger partial charge < -0.3 is 10.4 Å². The van der Waals surface area contributed by atoms with Crippen LogP contribution in [0.5, 0.6) is 0 Å². The van der Waals surface area contributed by atoms with Gasteiger partial charge in [-0.2, -0.15) is 0 Å². The molecule has 96 valence electrons. The van der Waals surface area contributed by atoms with E-state index in [4.69, 9.17) is 0 Å². The van der Waals surface area contributed by atoms with Gasteiger partial charge in [-0.15, -0.1) is 11.3 Å². The van der Waals surface area contributed by atoms with Crippen molar-refractivity contribution in [1.29, 1.82) is 0 Å². The molecule has 0 fully saturated rings. The quantitative estimate of drug-likeness (QED) is 0.881. The fraction of sp³-hybridized carbons (Fsp3) is 0.286. The van der Waals surface area contributed by atoms with Crippen LogP contribution in [0.1, 0.15) is 17.4 Å². The van der Waals surface area contributed by atoms with Crippen LogP contribution >= 0.6 is 27.3 Å². The van der Waals surface area contributed by atoms with E-state index >= 15 is 0 Å². The van der Waals surface area contributed by atoms with Crippen LogP contribution in [0, 0.1) is 0 Å². The highest BCUT2D eigenvalue weighted by atomic mass is 79.9. The number of aliphatic hydroxyl groups is 1. The standard InChI is InChI=1S/C14H16BrNOS/c1-14(17,13-6-3-7-18-13)10-16-9-11-4-2-5-12(15)8-11/h2-8,16-17H,9-10H2,1H3. The second-order valence-electron chi connectivity index (χ2n) is 4.48. The van der Waals surface area contributed by atoms with E-state index in [2.05, 4.69) is 33.4 Å². The van der Waals surface area contributed by atoms with Crippen LogP contribution in [0.25, 0.3) is 0 Å². The minimum absolute atomic E-state index is 0.542. The summed E-state index contributed by atoms with van der Waals surface area (Å²) in [7, 11) is 0. The van der Waals surface area contributed by atoms with Crippen LogP contribution in [-0.2, 0) is 12.1 Å². The molecule has 0 aliphatic rings. The zero-order valence-corrected chi connectivity index (χ0v) is 12.6. The van der Waals surface area contributed by atoms with Gasteiger partial charge in [-0.3, -0.25) is 0 Å². The largest absolute Gasteiger partial charge is 0.383 e. The molecule has 1 atom stereocenters. The van der Waals surface area contributed by atoms with Gasteiger partial charge in [0.2, 0.25) is 0 Å². The Labute approximate surface area is 120 Å². The Morgan fingerprint density at radius 1 is 1.33 bits per heavy atom. The lowest BCUT2D eigenvalue weighted by Gasteiger charge is -2.22. The van der Waals surface area contributed by atoms with E-state index in [1.807, 2.05) is 36.6 Å². The predicted molar refractivity (Wildman–Crippen MR) is 79.7 cm³/mol. The SMILES string of the molecule is CC(O)(CNCc1cccc(Br)c1)c1cccs1. The number of hydrogen-bond acceptors (Lipinski definition) is 3. The first kappa shape index (κ1) is 13.7. The van der Waals surface area contributed by atoms with Gasteiger partial charge in [-0.1, -0.05) is 34.1 Å². The average Bonchev–Trinajstić information content (AvgIpc) is 2.83. The third-order valence-electron chi connectivity index (χ3n) is 2.74. The summed E-state index contributed by atoms with van der Waals surface area (Å²) in [4.78, 5) is 0.990. The highest BCUT2D eigenvalue weighted by Crippen LogP contribution is 2.24. The molecule has 2 rings (SSSR count). The highest BCUT2D eigenvalue weighted by Gasteiger charge is 2.23. The molecule has 18 heavy (non-hydrogen) atoms. The molecule has 0 spiro atoms. The second-order valence-corrected chi connectivity index (χ2v) is 6.35. The molecule has 0 saturated carbocycles. The summed E-state index contributed by atoms with van der Waals surface area (Å²) in [5.74, 6) is 0. The topological polar surface area (TPSA) is 32.3 Å². The Bertz CT molecular complexity index is 496. The number of benzene rings is 1. The summed E-state index contributed by atoms with van der Waals surface area (Å²) >= 11 is 5.03. The van der Waals surface area contributed by atoms with Crippen LogP contribution < -0.4 is 5.32 Å². The first-order chi connectivity index (χ1) is 8.58. The number of thiophene rings is 1. The molecule has 0 bridgehead atoms. The summed E-state index contributed by atoms with van der Waals surface area (Å²) in [6, 6.07) is 12.1. The molecule has 2 nitrogen and oxygen atoms in total. The van der Waals surface area contributed by atoms with Crippen LogP contribution in [0.15, 0.2) is 46.3 Å². The van der Waals surface area contributed by atoms with Gasteiger partial charge in [0.1, 0.15) is 5.60 Å². The number of rotatable bonds is 5. The molecular weight excluding hydrogens is 310 g/mol. The lowest BCUT2D eigenvalue weighted by atomic mass is 10.1. The molecule has 0 aliphatic carbocycles. The molecule has 1 aromatic carbocycles. The van der Waals surface area contributed by atoms with Crippen molar-refractivity contribution in [3.8, 4) is 0 Å². The van der Waals surface area contributed by atoms with Crippen molar-refractivity contribution in [1.82, 2.24) is 5.32 Å². The monoisotopic (exact) mass is 325 g/mol. The number of nitrogens with one attached hydrogen (secondary N) is 1. The van der Waals surface area contributed by atoms with E-state index in [1.165, 1.54) is 5.56 Å². The molecule has 1 unspecified atom stereocenters. The van der Waals surface area contributed by atoms with E-state index < -0.39 is 5.60 Å². The zero-order valence-electron chi connectivity index (χ0n) is 10.2. The molecule has 0 radical (unpaired) electrons. The lowest BCUT2D eigenvalue weighted by molar-refractivity contribution is 0.0604. The molecule has 0 amide bonds. The van der Waals surface area contributed by atoms with Gasteiger partial charge in [-0.25, -0.2) is 0 Å². The Kier molecular flexibility index (Phi) is 4.56. The summed E-state index contributed by atoms with van der Waals surface area (Å²) < 4.78 is 1.08. The molecule has 0 aliphatic heterocycles. The van der Waals surface area contributed by atoms with Gasteiger partial charge in [0.15, 0.2) is 0 Å². The predicted octanol–water partition coefficient (Wildman–Crippen LogP) is 3.51. The van der Waals surface area contributed by atoms with Crippen molar-refractivity contribution in [2.75, 3.05) is 6.54 Å². The van der Waals surface area contributed by atoms with Crippen molar-refractivity contribution in [2.45, 2.75) is 19.1 Å². The normalized spacial score (nSPS) is 14.4. The third-order valence-corrected chi connectivity index (χ3v) is 4.36. The van der Waals surface area contributed by atoms with E-state index in [0.717, 1.165) is 15.9 Å². The number of halogens is 1. The lowest BCUT2D eigenvalue weighted by Crippen LogP contribution is -2.34. The van der Waals surface area contributed by atoms with E-state index in [9.17, 15) is 5.11 Å². The molecule has 2 N–H and O–H groups in total. The third kappa shape index (κ3) is 3.65. The first-order valence-electron chi connectivity index (χ1n) is 5.79. The highest BCUT2D eigenvalue weighted by molar-refractivity contribution is 9.10. The fourth-order valence-corrected chi connectivity index (χ4v) is 3.00. The van der Waals surface area contributed by atoms with E-state index in [-0.39, 0.29) is 0 Å². The minimum atomic E-state index is -0.805. The summed E-state index contributed by atoms with van der Waals surface area (Å²) in [6.45, 7) is 3.13. The zero-order chi connectivity index (χ0) is 13.0. The van der Waals surface area contributed by atoms with Crippen LogP contribution in [0.2, 0.25) is 0 Å². The molecule has 4 heteroatoms. The van der Waals surface area contributed by atoms with Gasteiger partial charge >= 0.3 is 0 Å². The van der Waals surface area contributed by atoms with E-state index in [0.29, 0.717) is 6.54 Å². The van der Waals surface area contributed by atoms with Gasteiger partial charge in [0.25, 0.3) is 0 Å². The Balaban J connectivity index is 1.89. The first-order valence-corrected chi connectivity index (χ1v) is 7.47. The fourth-order valence-electron chi connectivity index (χ4n) is 1.77. The van der Waals surface area contributed by atoms with Crippen molar-refractivity contribution < 1.29 is 5.11 Å². The van der Waals surface area contributed by atoms with Gasteiger partial charge in [0.05, 0.1) is 0 Å². The Hall–Kier alpha value is -0.680. The maximum absolute atomic E-state index is 10.3. The summed E-state index contributed by atoms with van der Waals surface area (Å²) in [5, 5.41) is 15.6. The Morgan fingerprint density at radius 3 is 2.83 bits per heavy atom. The maximum atomic E-state index is 10.3. The number of hydrogen-bond donors (Lipinski definition) is 2. The van der Waals surface area contributed by atoms with Gasteiger partial charge in [-0.05, 0) is 36.1 Å². The smallest absolute Gasteiger partial charge is 0.108 e. The summed E-state index contributed by atoms with van der Waals surface area (Å²) in [5.41, 5.74) is 0.395. The summed E-state index contributed by atoms with van der Waals surface area (Å²) in [6.07, 6.45) is 0. The van der Waals surface area contributed by atoms with Crippen LogP contribution in [-0.4, -0.2) is 11.7 Å². The van der Waals surface area contributed by atoms with Crippen molar-refractivity contribution in [3.05, 3.63) is 56.7 Å².